The summed E-state index contributed by atoms with van der Waals surface area (Å²) in [7, 11) is 0. The Balaban J connectivity index is 1.69. The molecular formula is C20H20ClN3OS2. The van der Waals surface area contributed by atoms with Crippen LogP contribution in [0.25, 0.3) is 0 Å². The van der Waals surface area contributed by atoms with Crippen molar-refractivity contribution in [1.82, 2.24) is 15.2 Å². The maximum atomic E-state index is 12.8. The number of benzene rings is 1. The lowest BCUT2D eigenvalue weighted by atomic mass is 10.1. The van der Waals surface area contributed by atoms with E-state index in [4.69, 9.17) is 11.6 Å². The average molecular weight is 418 g/mol. The van der Waals surface area contributed by atoms with Gasteiger partial charge in [0.2, 0.25) is 5.91 Å². The van der Waals surface area contributed by atoms with Crippen molar-refractivity contribution in [2.75, 3.05) is 13.1 Å². The van der Waals surface area contributed by atoms with Crippen molar-refractivity contribution in [3.63, 3.8) is 0 Å². The Hall–Kier alpha value is -1.99. The average Bonchev–Trinajstić information content (AvgIpc) is 3.32. The summed E-state index contributed by atoms with van der Waals surface area (Å²) >= 11 is 9.08. The molecule has 1 unspecified atom stereocenters. The minimum Gasteiger partial charge on any atom is -0.342 e. The van der Waals surface area contributed by atoms with Crippen LogP contribution < -0.4 is 5.32 Å². The molecule has 7 heteroatoms. The molecule has 1 N–H and O–H groups in total. The Morgan fingerprint density at radius 2 is 2.11 bits per heavy atom. The Bertz CT molecular complexity index is 865. The fourth-order valence-electron chi connectivity index (χ4n) is 2.74. The summed E-state index contributed by atoms with van der Waals surface area (Å²) in [6.07, 6.45) is 3.56. The van der Waals surface area contributed by atoms with Gasteiger partial charge < -0.3 is 5.32 Å². The van der Waals surface area contributed by atoms with E-state index in [9.17, 15) is 4.79 Å². The molecule has 0 bridgehead atoms. The monoisotopic (exact) mass is 417 g/mol. The molecule has 1 atom stereocenters. The number of halogens is 1. The van der Waals surface area contributed by atoms with Crippen molar-refractivity contribution in [2.45, 2.75) is 12.6 Å². The second-order valence-electron chi connectivity index (χ2n) is 5.95. The van der Waals surface area contributed by atoms with Crippen molar-refractivity contribution in [2.24, 2.45) is 0 Å². The van der Waals surface area contributed by atoms with E-state index in [1.165, 1.54) is 22.7 Å². The molecule has 140 valence electrons. The number of carbonyl (C=O) groups is 1. The first-order valence-electron chi connectivity index (χ1n) is 8.47. The third-order valence-corrected chi connectivity index (χ3v) is 5.96. The summed E-state index contributed by atoms with van der Waals surface area (Å²) in [5, 5.41) is 5.91. The lowest BCUT2D eigenvalue weighted by Crippen LogP contribution is -2.39. The van der Waals surface area contributed by atoms with Gasteiger partial charge in [-0.3, -0.25) is 9.69 Å². The first kappa shape index (κ1) is 19.8. The SMILES string of the molecule is C=CCN(CC(=O)NC(c1ccccc1)c1nccs1)Cc1ccc(Cl)s1. The number of hydrogen-bond acceptors (Lipinski definition) is 5. The Kier molecular flexibility index (Phi) is 7.18. The second-order valence-corrected chi connectivity index (χ2v) is 8.67. The van der Waals surface area contributed by atoms with Gasteiger partial charge in [0.05, 0.1) is 10.9 Å². The molecule has 3 aromatic rings. The topological polar surface area (TPSA) is 45.2 Å². The van der Waals surface area contributed by atoms with E-state index in [1.807, 2.05) is 52.7 Å². The predicted molar refractivity (Wildman–Crippen MR) is 113 cm³/mol. The predicted octanol–water partition coefficient (Wildman–Crippen LogP) is 4.75. The molecule has 3 rings (SSSR count). The number of nitrogens with zero attached hydrogens (tertiary/aromatic N) is 2. The van der Waals surface area contributed by atoms with E-state index in [0.29, 0.717) is 13.1 Å². The van der Waals surface area contributed by atoms with Crippen molar-refractivity contribution < 1.29 is 4.79 Å². The van der Waals surface area contributed by atoms with Gasteiger partial charge in [0.15, 0.2) is 0 Å². The lowest BCUT2D eigenvalue weighted by molar-refractivity contribution is -0.122. The molecule has 2 aromatic heterocycles. The number of thiophene rings is 1. The van der Waals surface area contributed by atoms with Crippen molar-refractivity contribution in [3.05, 3.63) is 86.5 Å². The zero-order chi connectivity index (χ0) is 19.1. The van der Waals surface area contributed by atoms with Crippen LogP contribution in [0.4, 0.5) is 0 Å². The van der Waals surface area contributed by atoms with Crippen molar-refractivity contribution in [3.8, 4) is 0 Å². The molecule has 0 aliphatic carbocycles. The van der Waals surface area contributed by atoms with Crippen molar-refractivity contribution >= 4 is 40.2 Å². The van der Waals surface area contributed by atoms with Gasteiger partial charge in [-0.25, -0.2) is 4.98 Å². The van der Waals surface area contributed by atoms with E-state index in [-0.39, 0.29) is 18.5 Å². The van der Waals surface area contributed by atoms with Crippen LogP contribution >= 0.6 is 34.3 Å². The number of aromatic nitrogens is 1. The van der Waals surface area contributed by atoms with Gasteiger partial charge in [0.25, 0.3) is 0 Å². The van der Waals surface area contributed by atoms with E-state index in [0.717, 1.165) is 19.8 Å². The van der Waals surface area contributed by atoms with E-state index in [2.05, 4.69) is 16.9 Å². The molecule has 0 aliphatic heterocycles. The lowest BCUT2D eigenvalue weighted by Gasteiger charge is -2.22. The molecule has 0 spiro atoms. The largest absolute Gasteiger partial charge is 0.342 e. The molecule has 2 heterocycles. The number of hydrogen-bond donors (Lipinski definition) is 1. The molecular weight excluding hydrogens is 398 g/mol. The first-order chi connectivity index (χ1) is 13.2. The van der Waals surface area contributed by atoms with Crippen LogP contribution in [-0.4, -0.2) is 28.9 Å². The van der Waals surface area contributed by atoms with Gasteiger partial charge in [0.1, 0.15) is 11.0 Å². The highest BCUT2D eigenvalue weighted by Crippen LogP contribution is 2.24. The summed E-state index contributed by atoms with van der Waals surface area (Å²) < 4.78 is 0.751. The number of rotatable bonds is 9. The molecule has 0 radical (unpaired) electrons. The molecule has 27 heavy (non-hydrogen) atoms. The molecule has 0 saturated carbocycles. The van der Waals surface area contributed by atoms with Gasteiger partial charge in [-0.1, -0.05) is 48.0 Å². The highest BCUT2D eigenvalue weighted by Gasteiger charge is 2.20. The molecule has 1 aromatic carbocycles. The molecule has 1 amide bonds. The second kappa shape index (κ2) is 9.80. The van der Waals surface area contributed by atoms with Crippen LogP contribution in [0.1, 0.15) is 21.5 Å². The molecule has 0 aliphatic rings. The smallest absolute Gasteiger partial charge is 0.235 e. The maximum Gasteiger partial charge on any atom is 0.235 e. The van der Waals surface area contributed by atoms with Crippen LogP contribution in [0, 0.1) is 0 Å². The number of amides is 1. The van der Waals surface area contributed by atoms with Gasteiger partial charge in [-0.15, -0.1) is 29.3 Å². The number of carbonyl (C=O) groups excluding carboxylic acids is 1. The van der Waals surface area contributed by atoms with Gasteiger partial charge in [0, 0.05) is 29.5 Å². The van der Waals surface area contributed by atoms with Crippen LogP contribution in [0.15, 0.2) is 66.7 Å². The summed E-state index contributed by atoms with van der Waals surface area (Å²) in [4.78, 5) is 20.3. The number of thiazole rings is 1. The van der Waals surface area contributed by atoms with E-state index >= 15 is 0 Å². The summed E-state index contributed by atoms with van der Waals surface area (Å²) in [6.45, 7) is 5.35. The summed E-state index contributed by atoms with van der Waals surface area (Å²) in [6, 6.07) is 13.5. The highest BCUT2D eigenvalue weighted by molar-refractivity contribution is 7.16. The van der Waals surface area contributed by atoms with Crippen LogP contribution in [-0.2, 0) is 11.3 Å². The Labute approximate surface area is 172 Å². The quantitative estimate of drug-likeness (QED) is 0.511. The van der Waals surface area contributed by atoms with E-state index in [1.54, 1.807) is 12.3 Å². The highest BCUT2D eigenvalue weighted by atomic mass is 35.5. The third-order valence-electron chi connectivity index (χ3n) is 3.90. The summed E-state index contributed by atoms with van der Waals surface area (Å²) in [5.74, 6) is -0.0523. The van der Waals surface area contributed by atoms with Crippen LogP contribution in [0.2, 0.25) is 4.34 Å². The Morgan fingerprint density at radius 1 is 1.30 bits per heavy atom. The standard InChI is InChI=1S/C20H20ClN3OS2/c1-2-11-24(13-16-8-9-17(21)27-16)14-18(25)23-19(20-22-10-12-26-20)15-6-4-3-5-7-15/h2-10,12,19H,1,11,13-14H2,(H,23,25). The Morgan fingerprint density at radius 3 is 2.74 bits per heavy atom. The fraction of sp³-hybridized carbons (Fsp3) is 0.200. The molecule has 0 fully saturated rings. The molecule has 4 nitrogen and oxygen atoms in total. The van der Waals surface area contributed by atoms with Gasteiger partial charge >= 0.3 is 0 Å². The van der Waals surface area contributed by atoms with Gasteiger partial charge in [-0.2, -0.15) is 0 Å². The fourth-order valence-corrected chi connectivity index (χ4v) is 4.59. The number of nitrogens with one attached hydrogen (secondary N) is 1. The first-order valence-corrected chi connectivity index (χ1v) is 10.5. The maximum absolute atomic E-state index is 12.8. The zero-order valence-corrected chi connectivity index (χ0v) is 17.1. The van der Waals surface area contributed by atoms with E-state index < -0.39 is 0 Å². The summed E-state index contributed by atoms with van der Waals surface area (Å²) in [5.41, 5.74) is 1.01. The molecule has 0 saturated heterocycles. The van der Waals surface area contributed by atoms with Gasteiger partial charge in [-0.05, 0) is 17.7 Å². The minimum absolute atomic E-state index is 0.0523. The van der Waals surface area contributed by atoms with Crippen molar-refractivity contribution in [1.29, 1.82) is 0 Å². The normalized spacial score (nSPS) is 12.1. The minimum atomic E-state index is -0.250. The van der Waals surface area contributed by atoms with Crippen LogP contribution in [0.3, 0.4) is 0 Å². The third kappa shape index (κ3) is 5.74. The zero-order valence-electron chi connectivity index (χ0n) is 14.7. The van der Waals surface area contributed by atoms with Crippen LogP contribution in [0.5, 0.6) is 0 Å².